The number of ether oxygens (including phenoxy) is 1. The van der Waals surface area contributed by atoms with Gasteiger partial charge in [0, 0.05) is 17.6 Å². The van der Waals surface area contributed by atoms with Crippen molar-refractivity contribution in [3.63, 3.8) is 0 Å². The van der Waals surface area contributed by atoms with Crippen LogP contribution in [0.4, 0.5) is 0 Å². The van der Waals surface area contributed by atoms with E-state index < -0.39 is 11.5 Å². The lowest BCUT2D eigenvalue weighted by atomic mass is 9.95. The van der Waals surface area contributed by atoms with Crippen molar-refractivity contribution in [1.29, 1.82) is 0 Å². The first kappa shape index (κ1) is 18.4. The van der Waals surface area contributed by atoms with Crippen LogP contribution in [0.2, 0.25) is 0 Å². The van der Waals surface area contributed by atoms with Crippen LogP contribution in [0, 0.1) is 5.92 Å². The van der Waals surface area contributed by atoms with E-state index in [0.29, 0.717) is 12.0 Å². The quantitative estimate of drug-likeness (QED) is 0.738. The molecule has 1 atom stereocenters. The van der Waals surface area contributed by atoms with Gasteiger partial charge in [-0.15, -0.1) is 11.3 Å². The van der Waals surface area contributed by atoms with E-state index in [1.807, 2.05) is 68.6 Å². The first-order valence-corrected chi connectivity index (χ1v) is 9.49. The monoisotopic (exact) mass is 369 g/mol. The Bertz CT molecular complexity index is 846. The highest BCUT2D eigenvalue weighted by Crippen LogP contribution is 2.31. The highest BCUT2D eigenvalue weighted by Gasteiger charge is 2.31. The predicted octanol–water partition coefficient (Wildman–Crippen LogP) is 4.38. The van der Waals surface area contributed by atoms with E-state index in [-0.39, 0.29) is 11.9 Å². The summed E-state index contributed by atoms with van der Waals surface area (Å²) in [6, 6.07) is 11.5. The average Bonchev–Trinajstić information content (AvgIpc) is 3.03. The van der Waals surface area contributed by atoms with E-state index in [9.17, 15) is 9.59 Å². The molecule has 1 unspecified atom stereocenters. The highest BCUT2D eigenvalue weighted by atomic mass is 32.1. The van der Waals surface area contributed by atoms with Crippen LogP contribution in [0.3, 0.4) is 0 Å². The fraction of sp³-hybridized carbons (Fsp3) is 0.333. The van der Waals surface area contributed by atoms with Crippen LogP contribution in [0.1, 0.15) is 41.6 Å². The van der Waals surface area contributed by atoms with E-state index in [1.165, 1.54) is 11.3 Å². The number of rotatable bonds is 2. The molecule has 1 aromatic heterocycles. The summed E-state index contributed by atoms with van der Waals surface area (Å²) >= 11 is 1.51. The number of carbonyl (C=O) groups excluding carboxylic acids is 2. The van der Waals surface area contributed by atoms with Gasteiger partial charge in [0.1, 0.15) is 5.60 Å². The predicted molar refractivity (Wildman–Crippen MR) is 104 cm³/mol. The molecule has 0 saturated carbocycles. The van der Waals surface area contributed by atoms with Gasteiger partial charge in [-0.1, -0.05) is 30.3 Å². The Kier molecular flexibility index (Phi) is 5.01. The van der Waals surface area contributed by atoms with Crippen LogP contribution in [0.15, 0.2) is 47.9 Å². The summed E-state index contributed by atoms with van der Waals surface area (Å²) in [6.45, 7) is 5.59. The largest absolute Gasteiger partial charge is 0.460 e. The van der Waals surface area contributed by atoms with Gasteiger partial charge in [-0.25, -0.2) is 0 Å². The second kappa shape index (κ2) is 7.08. The van der Waals surface area contributed by atoms with Crippen molar-refractivity contribution in [2.24, 2.45) is 5.92 Å². The summed E-state index contributed by atoms with van der Waals surface area (Å²) in [7, 11) is 1.75. The van der Waals surface area contributed by atoms with Gasteiger partial charge in [-0.05, 0) is 50.3 Å². The Hall–Kier alpha value is -2.40. The van der Waals surface area contributed by atoms with Crippen LogP contribution >= 0.6 is 11.3 Å². The Labute approximate surface area is 158 Å². The first-order valence-electron chi connectivity index (χ1n) is 8.61. The van der Waals surface area contributed by atoms with E-state index >= 15 is 0 Å². The lowest BCUT2D eigenvalue weighted by Crippen LogP contribution is -2.33. The minimum absolute atomic E-state index is 0.0565. The molecule has 0 N–H and O–H groups in total. The van der Waals surface area contributed by atoms with Gasteiger partial charge in [0.25, 0.3) is 5.91 Å². The van der Waals surface area contributed by atoms with E-state index in [2.05, 4.69) is 0 Å². The third-order valence-electron chi connectivity index (χ3n) is 4.19. The number of fused-ring (bicyclic) bond motifs is 1. The highest BCUT2D eigenvalue weighted by molar-refractivity contribution is 7.10. The summed E-state index contributed by atoms with van der Waals surface area (Å²) in [5.74, 6) is -0.774. The summed E-state index contributed by atoms with van der Waals surface area (Å²) in [6.07, 6.45) is 2.34. The Morgan fingerprint density at radius 3 is 2.54 bits per heavy atom. The van der Waals surface area contributed by atoms with Crippen LogP contribution < -0.4 is 0 Å². The lowest BCUT2D eigenvalue weighted by Gasteiger charge is -2.28. The molecule has 0 aliphatic carbocycles. The zero-order valence-electron chi connectivity index (χ0n) is 15.5. The molecule has 2 aromatic rings. The van der Waals surface area contributed by atoms with Crippen molar-refractivity contribution in [3.05, 3.63) is 63.9 Å². The molecular weight excluding hydrogens is 346 g/mol. The molecule has 0 bridgehead atoms. The molecule has 0 radical (unpaired) electrons. The van der Waals surface area contributed by atoms with Crippen molar-refractivity contribution < 1.29 is 14.3 Å². The van der Waals surface area contributed by atoms with E-state index in [0.717, 1.165) is 16.1 Å². The number of thiophene rings is 1. The van der Waals surface area contributed by atoms with Gasteiger partial charge in [0.15, 0.2) is 0 Å². The Morgan fingerprint density at radius 1 is 1.19 bits per heavy atom. The van der Waals surface area contributed by atoms with Crippen LogP contribution in [-0.4, -0.2) is 29.4 Å². The maximum atomic E-state index is 12.9. The molecule has 1 amide bonds. The van der Waals surface area contributed by atoms with Gasteiger partial charge < -0.3 is 9.64 Å². The van der Waals surface area contributed by atoms with Gasteiger partial charge in [0.05, 0.1) is 11.5 Å². The normalized spacial score (nSPS) is 19.8. The number of amides is 1. The second-order valence-corrected chi connectivity index (χ2v) is 8.38. The number of benzene rings is 1. The fourth-order valence-electron chi connectivity index (χ4n) is 2.97. The molecule has 3 rings (SSSR count). The summed E-state index contributed by atoms with van der Waals surface area (Å²) in [5.41, 5.74) is 1.73. The third kappa shape index (κ3) is 3.88. The molecule has 26 heavy (non-hydrogen) atoms. The SMILES string of the molecule is CN1C(=O)c2ccsc2CC(C(=O)OC(C)(C)C)/C=C\1c1ccccc1. The fourth-order valence-corrected chi connectivity index (χ4v) is 3.89. The van der Waals surface area contributed by atoms with Crippen molar-refractivity contribution in [3.8, 4) is 0 Å². The molecule has 0 spiro atoms. The zero-order valence-corrected chi connectivity index (χ0v) is 16.3. The van der Waals surface area contributed by atoms with Crippen molar-refractivity contribution in [2.45, 2.75) is 32.8 Å². The molecule has 0 saturated heterocycles. The summed E-state index contributed by atoms with van der Waals surface area (Å²) in [5, 5.41) is 1.90. The molecule has 136 valence electrons. The lowest BCUT2D eigenvalue weighted by molar-refractivity contribution is -0.158. The van der Waals surface area contributed by atoms with Gasteiger partial charge in [-0.3, -0.25) is 9.59 Å². The van der Waals surface area contributed by atoms with E-state index in [1.54, 1.807) is 11.9 Å². The average molecular weight is 369 g/mol. The molecule has 1 aliphatic heterocycles. The number of hydrogen-bond donors (Lipinski definition) is 0. The third-order valence-corrected chi connectivity index (χ3v) is 5.13. The minimum atomic E-state index is -0.555. The van der Waals surface area contributed by atoms with E-state index in [4.69, 9.17) is 4.74 Å². The maximum absolute atomic E-state index is 12.9. The first-order chi connectivity index (χ1) is 12.3. The van der Waals surface area contributed by atoms with Crippen molar-refractivity contribution >= 4 is 28.9 Å². The van der Waals surface area contributed by atoms with Gasteiger partial charge in [-0.2, -0.15) is 0 Å². The molecule has 2 heterocycles. The van der Waals surface area contributed by atoms with Crippen LogP contribution in [0.5, 0.6) is 0 Å². The van der Waals surface area contributed by atoms with Gasteiger partial charge in [0.2, 0.25) is 0 Å². The second-order valence-electron chi connectivity index (χ2n) is 7.38. The maximum Gasteiger partial charge on any atom is 0.313 e. The standard InChI is InChI=1S/C21H23NO3S/c1-21(2,3)25-20(24)15-12-17(14-8-6-5-7-9-14)22(4)19(23)16-10-11-26-18(16)13-15/h5-12,15H,13H2,1-4H3/b17-12-. The van der Waals surface area contributed by atoms with Crippen molar-refractivity contribution in [2.75, 3.05) is 7.05 Å². The Morgan fingerprint density at radius 2 is 1.88 bits per heavy atom. The minimum Gasteiger partial charge on any atom is -0.460 e. The topological polar surface area (TPSA) is 46.6 Å². The molecule has 1 aromatic carbocycles. The Balaban J connectivity index is 2.08. The summed E-state index contributed by atoms with van der Waals surface area (Å²) < 4.78 is 5.63. The zero-order chi connectivity index (χ0) is 18.9. The molecule has 5 heteroatoms. The smallest absolute Gasteiger partial charge is 0.313 e. The van der Waals surface area contributed by atoms with Crippen molar-refractivity contribution in [1.82, 2.24) is 4.90 Å². The molecule has 4 nitrogen and oxygen atoms in total. The van der Waals surface area contributed by atoms with Gasteiger partial charge >= 0.3 is 5.97 Å². The molecule has 1 aliphatic rings. The number of hydrogen-bond acceptors (Lipinski definition) is 4. The van der Waals surface area contributed by atoms with Crippen LogP contribution in [-0.2, 0) is 16.0 Å². The molecule has 0 fully saturated rings. The van der Waals surface area contributed by atoms with Crippen LogP contribution in [0.25, 0.3) is 5.70 Å². The molecular formula is C21H23NO3S. The number of esters is 1. The number of nitrogens with zero attached hydrogens (tertiary/aromatic N) is 1. The summed E-state index contributed by atoms with van der Waals surface area (Å²) in [4.78, 5) is 28.3. The number of carbonyl (C=O) groups is 2.